The van der Waals surface area contributed by atoms with E-state index in [1.165, 1.54) is 6.26 Å². The zero-order valence-corrected chi connectivity index (χ0v) is 15.5. The molecule has 3 aromatic rings. The van der Waals surface area contributed by atoms with Crippen molar-refractivity contribution in [3.63, 3.8) is 0 Å². The molecule has 140 valence electrons. The molecule has 2 heterocycles. The van der Waals surface area contributed by atoms with Gasteiger partial charge in [0.15, 0.2) is 0 Å². The molecular weight excluding hydrogens is 344 g/mol. The van der Waals surface area contributed by atoms with Gasteiger partial charge in [-0.2, -0.15) is 5.10 Å². The zero-order valence-electron chi connectivity index (χ0n) is 15.5. The number of H-pyrrole nitrogens is 1. The largest absolute Gasteiger partial charge is 0.469 e. The molecule has 0 unspecified atom stereocenters. The van der Waals surface area contributed by atoms with Gasteiger partial charge in [-0.1, -0.05) is 0 Å². The van der Waals surface area contributed by atoms with Crippen LogP contribution in [-0.4, -0.2) is 28.1 Å². The van der Waals surface area contributed by atoms with Gasteiger partial charge in [0.25, 0.3) is 11.8 Å². The van der Waals surface area contributed by atoms with Crippen LogP contribution in [0, 0.1) is 13.8 Å². The fourth-order valence-corrected chi connectivity index (χ4v) is 2.77. The molecule has 0 aliphatic carbocycles. The Hall–Kier alpha value is -3.35. The van der Waals surface area contributed by atoms with Crippen LogP contribution < -0.4 is 10.6 Å². The summed E-state index contributed by atoms with van der Waals surface area (Å²) in [7, 11) is 0. The van der Waals surface area contributed by atoms with E-state index in [0.717, 1.165) is 11.4 Å². The molecular formula is C20H22N4O3. The average Bonchev–Trinajstić information content (AvgIpc) is 3.23. The minimum absolute atomic E-state index is 0.0522. The predicted octanol–water partition coefficient (Wildman–Crippen LogP) is 3.23. The number of hydrogen-bond donors (Lipinski definition) is 3. The number of nitrogens with one attached hydrogen (secondary N) is 3. The Morgan fingerprint density at radius 3 is 2.48 bits per heavy atom. The van der Waals surface area contributed by atoms with Gasteiger partial charge in [-0.25, -0.2) is 0 Å². The minimum atomic E-state index is -0.249. The number of hydrogen-bond acceptors (Lipinski definition) is 4. The number of amides is 2. The summed E-state index contributed by atoms with van der Waals surface area (Å²) in [5.41, 5.74) is 3.52. The van der Waals surface area contributed by atoms with E-state index < -0.39 is 0 Å². The van der Waals surface area contributed by atoms with Crippen molar-refractivity contribution in [2.45, 2.75) is 33.2 Å². The van der Waals surface area contributed by atoms with Crippen molar-refractivity contribution >= 4 is 17.5 Å². The number of aromatic amines is 1. The van der Waals surface area contributed by atoms with E-state index in [2.05, 4.69) is 20.8 Å². The fraction of sp³-hybridized carbons (Fsp3) is 0.250. The zero-order chi connectivity index (χ0) is 19.4. The molecule has 0 fully saturated rings. The SMILES string of the molecule is Cc1cc(C[C@H](C)NC(=O)c2ccc(NC(=O)c3ccoc3C)cc2)n[nH]1. The number of carbonyl (C=O) groups is 2. The molecule has 3 N–H and O–H groups in total. The van der Waals surface area contributed by atoms with Gasteiger partial charge in [-0.05, 0) is 57.2 Å². The van der Waals surface area contributed by atoms with Crippen molar-refractivity contribution in [1.29, 1.82) is 0 Å². The van der Waals surface area contributed by atoms with Crippen molar-refractivity contribution in [2.24, 2.45) is 0 Å². The third-order valence-electron chi connectivity index (χ3n) is 4.16. The molecule has 2 aromatic heterocycles. The third-order valence-corrected chi connectivity index (χ3v) is 4.16. The van der Waals surface area contributed by atoms with E-state index in [4.69, 9.17) is 4.42 Å². The molecule has 0 radical (unpaired) electrons. The third kappa shape index (κ3) is 4.63. The smallest absolute Gasteiger partial charge is 0.259 e. The van der Waals surface area contributed by atoms with Gasteiger partial charge >= 0.3 is 0 Å². The standard InChI is InChI=1S/C20H22N4O3/c1-12(10-17-11-13(2)23-24-17)21-19(25)15-4-6-16(7-5-15)22-20(26)18-8-9-27-14(18)3/h4-9,11-12H,10H2,1-3H3,(H,21,25)(H,22,26)(H,23,24)/t12-/m0/s1. The Morgan fingerprint density at radius 1 is 1.15 bits per heavy atom. The molecule has 0 saturated carbocycles. The van der Waals surface area contributed by atoms with Crippen molar-refractivity contribution in [2.75, 3.05) is 5.32 Å². The molecule has 1 atom stereocenters. The summed E-state index contributed by atoms with van der Waals surface area (Å²) in [4.78, 5) is 24.6. The number of carbonyl (C=O) groups excluding carboxylic acids is 2. The Bertz CT molecular complexity index is 940. The lowest BCUT2D eigenvalue weighted by Gasteiger charge is -2.13. The van der Waals surface area contributed by atoms with Crippen LogP contribution in [0.5, 0.6) is 0 Å². The average molecular weight is 366 g/mol. The van der Waals surface area contributed by atoms with E-state index in [1.807, 2.05) is 19.9 Å². The Labute approximate surface area is 157 Å². The lowest BCUT2D eigenvalue weighted by atomic mass is 10.1. The van der Waals surface area contributed by atoms with Crippen LogP contribution >= 0.6 is 0 Å². The van der Waals surface area contributed by atoms with Crippen LogP contribution in [-0.2, 0) is 6.42 Å². The van der Waals surface area contributed by atoms with Crippen molar-refractivity contribution in [3.05, 3.63) is 70.9 Å². The molecule has 27 heavy (non-hydrogen) atoms. The number of benzene rings is 1. The summed E-state index contributed by atoms with van der Waals surface area (Å²) >= 11 is 0. The summed E-state index contributed by atoms with van der Waals surface area (Å²) in [5.74, 6) is 0.143. The maximum atomic E-state index is 12.4. The molecule has 3 rings (SSSR count). The van der Waals surface area contributed by atoms with E-state index in [9.17, 15) is 9.59 Å². The van der Waals surface area contributed by atoms with Crippen LogP contribution in [0.3, 0.4) is 0 Å². The van der Waals surface area contributed by atoms with Crippen molar-refractivity contribution in [3.8, 4) is 0 Å². The maximum absolute atomic E-state index is 12.4. The molecule has 0 bridgehead atoms. The van der Waals surface area contributed by atoms with E-state index in [-0.39, 0.29) is 17.9 Å². The molecule has 7 nitrogen and oxygen atoms in total. The fourth-order valence-electron chi connectivity index (χ4n) is 2.77. The lowest BCUT2D eigenvalue weighted by Crippen LogP contribution is -2.34. The van der Waals surface area contributed by atoms with Crippen LogP contribution in [0.4, 0.5) is 5.69 Å². The quantitative estimate of drug-likeness (QED) is 0.623. The first-order chi connectivity index (χ1) is 12.9. The number of furan rings is 1. The van der Waals surface area contributed by atoms with E-state index >= 15 is 0 Å². The molecule has 0 aliphatic rings. The van der Waals surface area contributed by atoms with E-state index in [1.54, 1.807) is 37.3 Å². The Balaban J connectivity index is 1.57. The lowest BCUT2D eigenvalue weighted by molar-refractivity contribution is 0.0939. The highest BCUT2D eigenvalue weighted by atomic mass is 16.3. The molecule has 0 saturated heterocycles. The number of aromatic nitrogens is 2. The highest BCUT2D eigenvalue weighted by Gasteiger charge is 2.14. The van der Waals surface area contributed by atoms with Crippen LogP contribution in [0.25, 0.3) is 0 Å². The first kappa shape index (κ1) is 18.4. The summed E-state index contributed by atoms with van der Waals surface area (Å²) in [6.07, 6.45) is 2.12. The second-order valence-corrected chi connectivity index (χ2v) is 6.54. The van der Waals surface area contributed by atoms with Crippen molar-refractivity contribution in [1.82, 2.24) is 15.5 Å². The normalized spacial score (nSPS) is 11.8. The van der Waals surface area contributed by atoms with Gasteiger partial charge in [0, 0.05) is 29.4 Å². The first-order valence-electron chi connectivity index (χ1n) is 8.69. The highest BCUT2D eigenvalue weighted by molar-refractivity contribution is 6.05. The van der Waals surface area contributed by atoms with Crippen LogP contribution in [0.15, 0.2) is 47.1 Å². The second-order valence-electron chi connectivity index (χ2n) is 6.54. The molecule has 7 heteroatoms. The number of nitrogens with zero attached hydrogens (tertiary/aromatic N) is 1. The minimum Gasteiger partial charge on any atom is -0.469 e. The predicted molar refractivity (Wildman–Crippen MR) is 102 cm³/mol. The topological polar surface area (TPSA) is 100 Å². The second kappa shape index (κ2) is 7.90. The number of anilines is 1. The van der Waals surface area contributed by atoms with Gasteiger partial charge in [0.2, 0.25) is 0 Å². The summed E-state index contributed by atoms with van der Waals surface area (Å²) in [6, 6.07) is 10.3. The molecule has 0 aliphatic heterocycles. The van der Waals surface area contributed by atoms with Gasteiger partial charge in [-0.15, -0.1) is 0 Å². The van der Waals surface area contributed by atoms with Crippen LogP contribution in [0.2, 0.25) is 0 Å². The molecule has 0 spiro atoms. The first-order valence-corrected chi connectivity index (χ1v) is 8.69. The summed E-state index contributed by atoms with van der Waals surface area (Å²) in [6.45, 7) is 5.60. The Kier molecular flexibility index (Phi) is 5.40. The summed E-state index contributed by atoms with van der Waals surface area (Å²) < 4.78 is 5.13. The van der Waals surface area contributed by atoms with Gasteiger partial charge < -0.3 is 15.1 Å². The molecule has 2 amide bonds. The monoisotopic (exact) mass is 366 g/mol. The van der Waals surface area contributed by atoms with Gasteiger partial charge in [0.05, 0.1) is 17.5 Å². The number of aryl methyl sites for hydroxylation is 2. The van der Waals surface area contributed by atoms with Crippen molar-refractivity contribution < 1.29 is 14.0 Å². The maximum Gasteiger partial charge on any atom is 0.259 e. The highest BCUT2D eigenvalue weighted by Crippen LogP contribution is 2.14. The molecule has 1 aromatic carbocycles. The van der Waals surface area contributed by atoms with Gasteiger partial charge in [0.1, 0.15) is 5.76 Å². The summed E-state index contributed by atoms with van der Waals surface area (Å²) in [5, 5.41) is 12.8. The van der Waals surface area contributed by atoms with Crippen LogP contribution in [0.1, 0.15) is 44.8 Å². The van der Waals surface area contributed by atoms with Gasteiger partial charge in [-0.3, -0.25) is 14.7 Å². The Morgan fingerprint density at radius 2 is 1.89 bits per heavy atom. The van der Waals surface area contributed by atoms with E-state index in [0.29, 0.717) is 29.0 Å². The number of rotatable bonds is 6.